The largest absolute Gasteiger partial charge is 0.495 e. The molecule has 21 rings (SSSR count). The van der Waals surface area contributed by atoms with Gasteiger partial charge in [-0.05, 0) is 148 Å². The number of unbranched alkanes of at least 4 members (excludes halogenated alkanes) is 2. The molecule has 4 aromatic heterocycles. The fourth-order valence-electron chi connectivity index (χ4n) is 16.4. The molecule has 0 saturated carbocycles. The number of rotatable bonds is 17. The minimum absolute atomic E-state index is 0.0387. The van der Waals surface area contributed by atoms with E-state index in [0.29, 0.717) is 51.1 Å². The van der Waals surface area contributed by atoms with Gasteiger partial charge in [-0.2, -0.15) is 0 Å². The van der Waals surface area contributed by atoms with Crippen molar-refractivity contribution in [2.45, 2.75) is 93.4 Å². The molecule has 0 amide bonds. The topological polar surface area (TPSA) is 133 Å². The Morgan fingerprint density at radius 1 is 0.288 bits per heavy atom. The van der Waals surface area contributed by atoms with E-state index in [1.807, 2.05) is 203 Å². The number of hydrogen-bond acceptors (Lipinski definition) is 15. The van der Waals surface area contributed by atoms with Crippen LogP contribution in [-0.4, -0.2) is 47.8 Å². The molecular formula is C115H102Cl2O11S4. The van der Waals surface area contributed by atoms with E-state index in [2.05, 4.69) is 144 Å². The Labute approximate surface area is 793 Å². The fourth-order valence-corrected chi connectivity index (χ4v) is 21.6. The SMILES string of the molecule is CC(C)c1ccc2sc3ccccc3c(=O)c2c1.CCCCOc1c2ccccc2c(OCCCC)c2ccccc12.CCOc1c2ccccc2c(OCC)c2ccccc12.CCc1ccc(Cl)c2c(=O)c3ccccc3sc12.COc1c2ccccc2c(OC)c2ccccc12.COc1ccc(Cl)c2c(=O)c3ccccc3sc12.Cc1ccc2sc3ccccc3c(=O)c2c1. The van der Waals surface area contributed by atoms with E-state index in [1.165, 1.54) is 22.5 Å². The second kappa shape index (κ2) is 43.8. The number of benzene rings is 17. The first kappa shape index (κ1) is 93.7. The average molecular weight is 1860 g/mol. The Hall–Kier alpha value is -13.0. The van der Waals surface area contributed by atoms with Crippen molar-refractivity contribution in [3.63, 3.8) is 0 Å². The lowest BCUT2D eigenvalue weighted by Gasteiger charge is -2.17. The molecule has 4 heterocycles. The first-order valence-electron chi connectivity index (χ1n) is 44.5. The maximum atomic E-state index is 12.5. The van der Waals surface area contributed by atoms with E-state index in [0.717, 1.165) is 215 Å². The smallest absolute Gasteiger partial charge is 0.197 e. The maximum absolute atomic E-state index is 12.5. The van der Waals surface area contributed by atoms with Crippen LogP contribution in [0.1, 0.15) is 96.8 Å². The minimum atomic E-state index is -0.0387. The number of aryl methyl sites for hydroxylation is 2. The molecule has 0 aliphatic heterocycles. The summed E-state index contributed by atoms with van der Waals surface area (Å²) in [5.74, 6) is 6.80. The molecule has 0 N–H and O–H groups in total. The third-order valence-electron chi connectivity index (χ3n) is 23.0. The molecule has 11 nitrogen and oxygen atoms in total. The molecule has 0 radical (unpaired) electrons. The Morgan fingerprint density at radius 2 is 0.583 bits per heavy atom. The zero-order valence-corrected chi connectivity index (χ0v) is 80.5. The Kier molecular flexibility index (Phi) is 31.1. The summed E-state index contributed by atoms with van der Waals surface area (Å²) in [6, 6.07) is 100. The molecule has 0 bridgehead atoms. The van der Waals surface area contributed by atoms with Gasteiger partial charge in [-0.3, -0.25) is 19.2 Å². The molecule has 666 valence electrons. The summed E-state index contributed by atoms with van der Waals surface area (Å²) >= 11 is 18.9. The van der Waals surface area contributed by atoms with E-state index < -0.39 is 0 Å². The lowest BCUT2D eigenvalue weighted by atomic mass is 10.0. The summed E-state index contributed by atoms with van der Waals surface area (Å²) in [5, 5.41) is 20.3. The highest BCUT2D eigenvalue weighted by Crippen LogP contribution is 2.47. The van der Waals surface area contributed by atoms with Gasteiger partial charge in [0.15, 0.2) is 21.7 Å². The predicted octanol–water partition coefficient (Wildman–Crippen LogP) is 32.1. The Bertz CT molecular complexity index is 7560. The van der Waals surface area contributed by atoms with Gasteiger partial charge in [0.25, 0.3) is 0 Å². The summed E-state index contributed by atoms with van der Waals surface area (Å²) < 4.78 is 48.7. The molecule has 0 atom stereocenters. The van der Waals surface area contributed by atoms with Gasteiger partial charge in [0.2, 0.25) is 0 Å². The summed E-state index contributed by atoms with van der Waals surface area (Å²) in [5.41, 5.74) is 3.84. The van der Waals surface area contributed by atoms with Crippen LogP contribution in [-0.2, 0) is 6.42 Å². The zero-order valence-electron chi connectivity index (χ0n) is 75.7. The number of methoxy groups -OCH3 is 3. The first-order valence-corrected chi connectivity index (χ1v) is 48.6. The second-order valence-corrected chi connectivity index (χ2v) is 36.9. The Morgan fingerprint density at radius 3 is 0.924 bits per heavy atom. The van der Waals surface area contributed by atoms with Crippen LogP contribution < -0.4 is 54.9 Å². The molecular weight excluding hydrogens is 1760 g/mol. The van der Waals surface area contributed by atoms with E-state index >= 15 is 0 Å². The van der Waals surface area contributed by atoms with Crippen molar-refractivity contribution in [3.8, 4) is 40.2 Å². The van der Waals surface area contributed by atoms with Gasteiger partial charge in [0, 0.05) is 130 Å². The van der Waals surface area contributed by atoms with Crippen LogP contribution in [0, 0.1) is 6.92 Å². The number of halogens is 2. The predicted molar refractivity (Wildman–Crippen MR) is 568 cm³/mol. The van der Waals surface area contributed by atoms with Crippen molar-refractivity contribution in [2.75, 3.05) is 47.8 Å². The molecule has 17 heteroatoms. The summed E-state index contributed by atoms with van der Waals surface area (Å²) in [7, 11) is 5.01. The number of fused-ring (bicyclic) bond motifs is 14. The normalized spacial score (nSPS) is 11.1. The molecule has 0 fully saturated rings. The van der Waals surface area contributed by atoms with Crippen LogP contribution in [0.5, 0.6) is 40.2 Å². The summed E-state index contributed by atoms with van der Waals surface area (Å²) in [6.45, 7) is 19.6. The third-order valence-corrected chi connectivity index (χ3v) is 28.3. The standard InChI is InChI=1S/C22H26O2.C18H18O2.C16H14O2.C16H14OS.C15H11ClOS.C14H9ClO2S.C14H10OS/c1-3-5-15-23-21-17-11-7-9-13-19(17)22(24-16-6-4-2)20-14-10-8-12-18(20)21;1-3-19-17-13-9-5-7-11-15(13)18(20-4-2)16-12-8-6-10-14(16)17;1-17-15-11-7-3-5-9-13(11)16(18-2)14-10-6-4-8-12(14)15;1-10(2)11-7-8-15-13(9-11)16(17)12-5-3-4-6-14(12)18-15;1-2-9-7-8-11(16)13-14(17)10-5-3-4-6-12(10)18-15(9)13;1-17-10-7-6-9(15)12-13(16)8-4-2-3-5-11(8)18-14(10)12;1-9-6-7-13-11(8-9)14(15)10-4-2-3-5-12(10)16-13/h7-14H,3-6,15-16H2,1-2H3;5-12H,3-4H2,1-2H3;2*3-10H,1-2H3;3-8H,2H2,1H3;2-7H,1H3;2-8H,1H3. The van der Waals surface area contributed by atoms with Crippen LogP contribution in [0.15, 0.2) is 322 Å². The number of hydrogen-bond donors (Lipinski definition) is 0. The van der Waals surface area contributed by atoms with Crippen molar-refractivity contribution in [2.24, 2.45) is 0 Å². The van der Waals surface area contributed by atoms with Crippen LogP contribution in [0.2, 0.25) is 10.0 Å². The van der Waals surface area contributed by atoms with Crippen molar-refractivity contribution in [3.05, 3.63) is 371 Å². The van der Waals surface area contributed by atoms with Gasteiger partial charge in [-0.25, -0.2) is 0 Å². The van der Waals surface area contributed by atoms with E-state index in [9.17, 15) is 19.2 Å². The molecule has 132 heavy (non-hydrogen) atoms. The molecule has 0 unspecified atom stereocenters. The average Bonchev–Trinajstić information content (AvgIpc) is 0.744. The first-order chi connectivity index (χ1) is 64.4. The van der Waals surface area contributed by atoms with Gasteiger partial charge < -0.3 is 33.2 Å². The summed E-state index contributed by atoms with van der Waals surface area (Å²) in [6.07, 6.45) is 5.30. The molecule has 17 aromatic carbocycles. The number of ether oxygens (including phenoxy) is 7. The lowest BCUT2D eigenvalue weighted by molar-refractivity contribution is 0.311. The van der Waals surface area contributed by atoms with Crippen LogP contribution in [0.25, 0.3) is 145 Å². The van der Waals surface area contributed by atoms with Crippen molar-refractivity contribution in [1.29, 1.82) is 0 Å². The van der Waals surface area contributed by atoms with Gasteiger partial charge in [0.05, 0.1) is 73.3 Å². The fraction of sp³-hybridized carbons (Fsp3) is 0.183. The van der Waals surface area contributed by atoms with Gasteiger partial charge in [0.1, 0.15) is 40.2 Å². The van der Waals surface area contributed by atoms with Gasteiger partial charge >= 0.3 is 0 Å². The third kappa shape index (κ3) is 20.0. The van der Waals surface area contributed by atoms with E-state index in [-0.39, 0.29) is 21.7 Å². The highest BCUT2D eigenvalue weighted by atomic mass is 35.5. The monoisotopic (exact) mass is 1860 g/mol. The molecule has 21 aromatic rings. The molecule has 0 saturated heterocycles. The maximum Gasteiger partial charge on any atom is 0.197 e. The highest BCUT2D eigenvalue weighted by molar-refractivity contribution is 7.26. The minimum Gasteiger partial charge on any atom is -0.495 e. The van der Waals surface area contributed by atoms with Gasteiger partial charge in [-0.15, -0.1) is 45.3 Å². The summed E-state index contributed by atoms with van der Waals surface area (Å²) in [4.78, 5) is 49.7. The van der Waals surface area contributed by atoms with Crippen LogP contribution in [0.3, 0.4) is 0 Å². The second-order valence-electron chi connectivity index (χ2n) is 31.8. The molecule has 0 aliphatic carbocycles. The zero-order chi connectivity index (χ0) is 92.5. The molecule has 0 spiro atoms. The molecule has 0 aliphatic rings. The van der Waals surface area contributed by atoms with Crippen molar-refractivity contribution < 1.29 is 33.2 Å². The van der Waals surface area contributed by atoms with Crippen molar-refractivity contribution >= 4 is 214 Å². The van der Waals surface area contributed by atoms with E-state index in [1.54, 1.807) is 67.5 Å². The van der Waals surface area contributed by atoms with E-state index in [4.69, 9.17) is 56.4 Å². The van der Waals surface area contributed by atoms with Crippen molar-refractivity contribution in [1.82, 2.24) is 0 Å². The Balaban J connectivity index is 0.000000118. The quantitative estimate of drug-likeness (QED) is 0.0637. The van der Waals surface area contributed by atoms with Gasteiger partial charge in [-0.1, -0.05) is 289 Å². The lowest BCUT2D eigenvalue weighted by Crippen LogP contribution is -2.02. The van der Waals surface area contributed by atoms with Crippen LogP contribution in [0.4, 0.5) is 0 Å². The highest BCUT2D eigenvalue weighted by Gasteiger charge is 2.21. The van der Waals surface area contributed by atoms with Crippen LogP contribution >= 0.6 is 68.5 Å².